The minimum Gasteiger partial charge on any atom is -0.304 e. The van der Waals surface area contributed by atoms with Gasteiger partial charge >= 0.3 is 0 Å². The van der Waals surface area contributed by atoms with Gasteiger partial charge in [0.1, 0.15) is 11.6 Å². The molecule has 3 heteroatoms. The first-order valence-corrected chi connectivity index (χ1v) is 4.88. The summed E-state index contributed by atoms with van der Waals surface area (Å²) in [6.07, 6.45) is 1.72. The fourth-order valence-electron chi connectivity index (χ4n) is 1.40. The van der Waals surface area contributed by atoms with Crippen molar-refractivity contribution in [1.29, 1.82) is 0 Å². The molecule has 1 aromatic carbocycles. The summed E-state index contributed by atoms with van der Waals surface area (Å²) in [4.78, 5) is 0. The van der Waals surface area contributed by atoms with Gasteiger partial charge < -0.3 is 5.32 Å². The van der Waals surface area contributed by atoms with E-state index in [1.165, 1.54) is 6.07 Å². The molecule has 15 heavy (non-hydrogen) atoms. The van der Waals surface area contributed by atoms with Gasteiger partial charge in [0.2, 0.25) is 0 Å². The van der Waals surface area contributed by atoms with Gasteiger partial charge in [0, 0.05) is 17.6 Å². The van der Waals surface area contributed by atoms with Crippen molar-refractivity contribution in [3.63, 3.8) is 0 Å². The fraction of sp³-hybridized carbons (Fsp3) is 0.333. The molecule has 1 nitrogen and oxygen atoms in total. The number of hydrogen-bond donors (Lipinski definition) is 1. The lowest BCUT2D eigenvalue weighted by molar-refractivity contribution is 0.499. The van der Waals surface area contributed by atoms with Crippen LogP contribution in [-0.4, -0.2) is 6.04 Å². The lowest BCUT2D eigenvalue weighted by atomic mass is 10.1. The number of benzene rings is 1. The average Bonchev–Trinajstić information content (AvgIpc) is 2.21. The lowest BCUT2D eigenvalue weighted by Gasteiger charge is -2.18. The Labute approximate surface area is 88.8 Å². The summed E-state index contributed by atoms with van der Waals surface area (Å²) in [6, 6.07) is 3.28. The standard InChI is InChI=1S/C12H15F2N/c1-4-8(2)15-9(3)11-7-10(13)5-6-12(11)14/h4-9,15H,1H2,2-3H3. The van der Waals surface area contributed by atoms with Gasteiger partial charge in [-0.25, -0.2) is 8.78 Å². The molecule has 1 rings (SSSR count). The summed E-state index contributed by atoms with van der Waals surface area (Å²) < 4.78 is 26.3. The highest BCUT2D eigenvalue weighted by Gasteiger charge is 2.12. The lowest BCUT2D eigenvalue weighted by Crippen LogP contribution is -2.27. The van der Waals surface area contributed by atoms with Crippen molar-refractivity contribution in [3.05, 3.63) is 48.1 Å². The van der Waals surface area contributed by atoms with Crippen LogP contribution in [0.4, 0.5) is 8.78 Å². The molecule has 0 saturated heterocycles. The van der Waals surface area contributed by atoms with Crippen molar-refractivity contribution in [1.82, 2.24) is 5.32 Å². The highest BCUT2D eigenvalue weighted by atomic mass is 19.1. The van der Waals surface area contributed by atoms with Crippen molar-refractivity contribution in [2.75, 3.05) is 0 Å². The smallest absolute Gasteiger partial charge is 0.128 e. The predicted molar refractivity (Wildman–Crippen MR) is 57.6 cm³/mol. The van der Waals surface area contributed by atoms with Crippen LogP contribution >= 0.6 is 0 Å². The molecule has 0 radical (unpaired) electrons. The van der Waals surface area contributed by atoms with Gasteiger partial charge in [-0.2, -0.15) is 0 Å². The number of rotatable bonds is 4. The summed E-state index contributed by atoms with van der Waals surface area (Å²) >= 11 is 0. The molecular formula is C12H15F2N. The van der Waals surface area contributed by atoms with Crippen molar-refractivity contribution >= 4 is 0 Å². The maximum atomic E-state index is 13.3. The first-order chi connectivity index (χ1) is 7.04. The first kappa shape index (κ1) is 11.9. The molecule has 82 valence electrons. The zero-order valence-electron chi connectivity index (χ0n) is 8.93. The Kier molecular flexibility index (Phi) is 3.97. The summed E-state index contributed by atoms with van der Waals surface area (Å²) in [5.74, 6) is -0.820. The van der Waals surface area contributed by atoms with E-state index in [-0.39, 0.29) is 12.1 Å². The third kappa shape index (κ3) is 3.13. The molecule has 0 bridgehead atoms. The van der Waals surface area contributed by atoms with Crippen molar-refractivity contribution in [2.24, 2.45) is 0 Å². The van der Waals surface area contributed by atoms with Crippen LogP contribution in [0.25, 0.3) is 0 Å². The van der Waals surface area contributed by atoms with Gasteiger partial charge in [-0.3, -0.25) is 0 Å². The molecular weight excluding hydrogens is 196 g/mol. The van der Waals surface area contributed by atoms with Crippen molar-refractivity contribution in [3.8, 4) is 0 Å². The highest BCUT2D eigenvalue weighted by Crippen LogP contribution is 2.18. The molecule has 0 spiro atoms. The summed E-state index contributed by atoms with van der Waals surface area (Å²) in [5.41, 5.74) is 0.337. The summed E-state index contributed by atoms with van der Waals surface area (Å²) in [6.45, 7) is 7.31. The summed E-state index contributed by atoms with van der Waals surface area (Å²) in [7, 11) is 0. The van der Waals surface area contributed by atoms with Crippen molar-refractivity contribution < 1.29 is 8.78 Å². The zero-order chi connectivity index (χ0) is 11.4. The van der Waals surface area contributed by atoms with E-state index in [9.17, 15) is 8.78 Å². The van der Waals surface area contributed by atoms with Crippen molar-refractivity contribution in [2.45, 2.75) is 25.9 Å². The van der Waals surface area contributed by atoms with Crippen LogP contribution in [0.3, 0.4) is 0 Å². The minimum absolute atomic E-state index is 0.0580. The van der Waals surface area contributed by atoms with Crippen LogP contribution in [-0.2, 0) is 0 Å². The number of halogens is 2. The van der Waals surface area contributed by atoms with Gasteiger partial charge in [-0.15, -0.1) is 6.58 Å². The molecule has 0 amide bonds. The Morgan fingerprint density at radius 3 is 2.60 bits per heavy atom. The van der Waals surface area contributed by atoms with Gasteiger partial charge in [-0.05, 0) is 32.0 Å². The number of nitrogens with one attached hydrogen (secondary N) is 1. The van der Waals surface area contributed by atoms with Gasteiger partial charge in [0.25, 0.3) is 0 Å². The average molecular weight is 211 g/mol. The predicted octanol–water partition coefficient (Wildman–Crippen LogP) is 3.19. The molecule has 0 heterocycles. The van der Waals surface area contributed by atoms with Gasteiger partial charge in [0.15, 0.2) is 0 Å². The summed E-state index contributed by atoms with van der Waals surface area (Å²) in [5, 5.41) is 3.09. The van der Waals surface area contributed by atoms with Crippen LogP contribution in [0, 0.1) is 11.6 Å². The molecule has 0 saturated carbocycles. The Morgan fingerprint density at radius 1 is 1.33 bits per heavy atom. The van der Waals surface area contributed by atoms with E-state index in [1.54, 1.807) is 13.0 Å². The second-order valence-electron chi connectivity index (χ2n) is 3.58. The van der Waals surface area contributed by atoms with Crippen LogP contribution in [0.2, 0.25) is 0 Å². The Hall–Kier alpha value is -1.22. The zero-order valence-corrected chi connectivity index (χ0v) is 8.93. The van der Waals surface area contributed by atoms with E-state index in [2.05, 4.69) is 11.9 Å². The van der Waals surface area contributed by atoms with Crippen LogP contribution in [0.15, 0.2) is 30.9 Å². The molecule has 0 aliphatic carbocycles. The molecule has 2 atom stereocenters. The van der Waals surface area contributed by atoms with E-state index < -0.39 is 11.6 Å². The van der Waals surface area contributed by atoms with Crippen LogP contribution < -0.4 is 5.32 Å². The maximum absolute atomic E-state index is 13.3. The molecule has 1 aromatic rings. The molecule has 0 fully saturated rings. The first-order valence-electron chi connectivity index (χ1n) is 4.88. The maximum Gasteiger partial charge on any atom is 0.128 e. The van der Waals surface area contributed by atoms with E-state index >= 15 is 0 Å². The van der Waals surface area contributed by atoms with E-state index in [0.29, 0.717) is 5.56 Å². The van der Waals surface area contributed by atoms with E-state index in [0.717, 1.165) is 12.1 Å². The van der Waals surface area contributed by atoms with Gasteiger partial charge in [-0.1, -0.05) is 6.08 Å². The third-order valence-corrected chi connectivity index (χ3v) is 2.29. The Morgan fingerprint density at radius 2 is 2.00 bits per heavy atom. The van der Waals surface area contributed by atoms with Crippen LogP contribution in [0.5, 0.6) is 0 Å². The molecule has 0 aliphatic heterocycles. The quantitative estimate of drug-likeness (QED) is 0.754. The van der Waals surface area contributed by atoms with E-state index in [1.807, 2.05) is 6.92 Å². The molecule has 2 unspecified atom stereocenters. The van der Waals surface area contributed by atoms with Crippen LogP contribution in [0.1, 0.15) is 25.5 Å². The van der Waals surface area contributed by atoms with Gasteiger partial charge in [0.05, 0.1) is 0 Å². The van der Waals surface area contributed by atoms with E-state index in [4.69, 9.17) is 0 Å². The Balaban J connectivity index is 2.85. The SMILES string of the molecule is C=CC(C)NC(C)c1cc(F)ccc1F. The fourth-order valence-corrected chi connectivity index (χ4v) is 1.40. The monoisotopic (exact) mass is 211 g/mol. The second-order valence-corrected chi connectivity index (χ2v) is 3.58. The molecule has 0 aliphatic rings. The minimum atomic E-state index is -0.425. The Bertz CT molecular complexity index is 349. The normalized spacial score (nSPS) is 14.7. The second kappa shape index (κ2) is 5.03. The largest absolute Gasteiger partial charge is 0.304 e. The number of hydrogen-bond acceptors (Lipinski definition) is 1. The molecule has 1 N–H and O–H groups in total. The third-order valence-electron chi connectivity index (χ3n) is 2.29. The topological polar surface area (TPSA) is 12.0 Å². The molecule has 0 aromatic heterocycles. The highest BCUT2D eigenvalue weighted by molar-refractivity contribution is 5.22.